The molecule has 140 valence electrons. The van der Waals surface area contributed by atoms with Crippen LogP contribution in [0.15, 0.2) is 66.9 Å². The number of pyridine rings is 1. The molecule has 0 atom stereocenters. The highest BCUT2D eigenvalue weighted by molar-refractivity contribution is 5.95. The van der Waals surface area contributed by atoms with Crippen molar-refractivity contribution in [3.8, 4) is 5.69 Å². The van der Waals surface area contributed by atoms with Crippen molar-refractivity contribution in [3.63, 3.8) is 0 Å². The number of fused-ring (bicyclic) bond motifs is 1. The molecule has 0 radical (unpaired) electrons. The molecule has 0 aliphatic carbocycles. The predicted molar refractivity (Wildman–Crippen MR) is 111 cm³/mol. The molecular formula is C23H22N4O. The van der Waals surface area contributed by atoms with Crippen LogP contribution in [-0.4, -0.2) is 32.4 Å². The molecule has 4 aromatic rings. The fraction of sp³-hybridized carbons (Fsp3) is 0.174. The Morgan fingerprint density at radius 3 is 2.61 bits per heavy atom. The van der Waals surface area contributed by atoms with E-state index in [1.807, 2.05) is 86.1 Å². The largest absolute Gasteiger partial charge is 0.337 e. The van der Waals surface area contributed by atoms with E-state index in [-0.39, 0.29) is 5.91 Å². The van der Waals surface area contributed by atoms with Crippen molar-refractivity contribution in [1.82, 2.24) is 19.4 Å². The number of imidazole rings is 1. The second kappa shape index (κ2) is 7.27. The number of nitrogens with zero attached hydrogens (tertiary/aromatic N) is 4. The minimum Gasteiger partial charge on any atom is -0.337 e. The van der Waals surface area contributed by atoms with E-state index < -0.39 is 0 Å². The van der Waals surface area contributed by atoms with Crippen LogP contribution in [0, 0.1) is 13.8 Å². The number of amides is 1. The lowest BCUT2D eigenvalue weighted by molar-refractivity contribution is 0.0785. The Labute approximate surface area is 164 Å². The Kier molecular flexibility index (Phi) is 4.65. The summed E-state index contributed by atoms with van der Waals surface area (Å²) in [6, 6.07) is 19.6. The molecule has 0 bridgehead atoms. The van der Waals surface area contributed by atoms with Gasteiger partial charge in [-0.25, -0.2) is 9.97 Å². The van der Waals surface area contributed by atoms with E-state index in [0.717, 1.165) is 33.8 Å². The normalized spacial score (nSPS) is 11.0. The summed E-state index contributed by atoms with van der Waals surface area (Å²) in [6.45, 7) is 4.56. The van der Waals surface area contributed by atoms with E-state index in [1.54, 1.807) is 11.1 Å². The average molecular weight is 370 g/mol. The van der Waals surface area contributed by atoms with Crippen molar-refractivity contribution in [2.24, 2.45) is 0 Å². The number of carbonyl (C=O) groups excluding carboxylic acids is 1. The zero-order valence-electron chi connectivity index (χ0n) is 16.3. The molecule has 0 unspecified atom stereocenters. The molecule has 4 rings (SSSR count). The van der Waals surface area contributed by atoms with Crippen LogP contribution in [0.1, 0.15) is 27.3 Å². The summed E-state index contributed by atoms with van der Waals surface area (Å²) in [5, 5.41) is 0. The first-order chi connectivity index (χ1) is 13.5. The molecule has 0 aliphatic rings. The second-order valence-corrected chi connectivity index (χ2v) is 6.99. The first-order valence-electron chi connectivity index (χ1n) is 9.25. The quantitative estimate of drug-likeness (QED) is 0.538. The monoisotopic (exact) mass is 370 g/mol. The lowest BCUT2D eigenvalue weighted by Gasteiger charge is -2.19. The highest BCUT2D eigenvalue weighted by Crippen LogP contribution is 2.24. The Balaban J connectivity index is 1.71. The molecule has 5 nitrogen and oxygen atoms in total. The molecule has 2 heterocycles. The van der Waals surface area contributed by atoms with Gasteiger partial charge in [-0.2, -0.15) is 0 Å². The van der Waals surface area contributed by atoms with Crippen LogP contribution in [0.25, 0.3) is 16.9 Å². The minimum atomic E-state index is -0.0138. The van der Waals surface area contributed by atoms with Gasteiger partial charge in [0, 0.05) is 25.4 Å². The van der Waals surface area contributed by atoms with Gasteiger partial charge in [-0.15, -0.1) is 0 Å². The Bertz CT molecular complexity index is 1150. The summed E-state index contributed by atoms with van der Waals surface area (Å²) >= 11 is 0. The molecule has 2 aromatic carbocycles. The van der Waals surface area contributed by atoms with E-state index in [4.69, 9.17) is 0 Å². The fourth-order valence-corrected chi connectivity index (χ4v) is 3.45. The second-order valence-electron chi connectivity index (χ2n) is 6.99. The third-order valence-corrected chi connectivity index (χ3v) is 4.89. The Hall–Kier alpha value is -3.47. The van der Waals surface area contributed by atoms with Gasteiger partial charge in [0.2, 0.25) is 0 Å². The Morgan fingerprint density at radius 2 is 1.82 bits per heavy atom. The first kappa shape index (κ1) is 17.9. The SMILES string of the molecule is Cc1ccc(C(=O)N(C)Cc2ccccc2)cc1-n1c(C)nc2cccnc21. The lowest BCUT2D eigenvalue weighted by Crippen LogP contribution is -2.26. The van der Waals surface area contributed by atoms with Crippen LogP contribution >= 0.6 is 0 Å². The van der Waals surface area contributed by atoms with Gasteiger partial charge in [-0.3, -0.25) is 9.36 Å². The molecule has 0 saturated heterocycles. The smallest absolute Gasteiger partial charge is 0.253 e. The van der Waals surface area contributed by atoms with Crippen LogP contribution in [-0.2, 0) is 6.54 Å². The third-order valence-electron chi connectivity index (χ3n) is 4.89. The number of hydrogen-bond acceptors (Lipinski definition) is 3. The standard InChI is InChI=1S/C23H22N4O/c1-16-11-12-19(23(28)26(3)15-18-8-5-4-6-9-18)14-21(16)27-17(2)25-20-10-7-13-24-22(20)27/h4-14H,15H2,1-3H3. The minimum absolute atomic E-state index is 0.0138. The summed E-state index contributed by atoms with van der Waals surface area (Å²) in [4.78, 5) is 23.8. The van der Waals surface area contributed by atoms with Crippen molar-refractivity contribution in [2.75, 3.05) is 7.05 Å². The molecule has 0 spiro atoms. The van der Waals surface area contributed by atoms with E-state index in [2.05, 4.69) is 9.97 Å². The van der Waals surface area contributed by atoms with E-state index in [0.29, 0.717) is 12.1 Å². The van der Waals surface area contributed by atoms with Gasteiger partial charge in [0.15, 0.2) is 5.65 Å². The van der Waals surface area contributed by atoms with Crippen molar-refractivity contribution in [1.29, 1.82) is 0 Å². The maximum atomic E-state index is 13.0. The lowest BCUT2D eigenvalue weighted by atomic mass is 10.1. The maximum absolute atomic E-state index is 13.0. The van der Waals surface area contributed by atoms with Gasteiger partial charge in [-0.05, 0) is 49.2 Å². The number of aromatic nitrogens is 3. The molecule has 2 aromatic heterocycles. The molecular weight excluding hydrogens is 348 g/mol. The van der Waals surface area contributed by atoms with Crippen LogP contribution in [0.2, 0.25) is 0 Å². The summed E-state index contributed by atoms with van der Waals surface area (Å²) in [5.41, 5.74) is 5.39. The van der Waals surface area contributed by atoms with Gasteiger partial charge >= 0.3 is 0 Å². The van der Waals surface area contributed by atoms with Crippen LogP contribution in [0.3, 0.4) is 0 Å². The van der Waals surface area contributed by atoms with E-state index >= 15 is 0 Å². The zero-order chi connectivity index (χ0) is 19.7. The van der Waals surface area contributed by atoms with Gasteiger partial charge in [0.25, 0.3) is 5.91 Å². The van der Waals surface area contributed by atoms with Crippen molar-refractivity contribution in [3.05, 3.63) is 89.4 Å². The van der Waals surface area contributed by atoms with Crippen LogP contribution in [0.5, 0.6) is 0 Å². The number of carbonyl (C=O) groups is 1. The van der Waals surface area contributed by atoms with Crippen LogP contribution in [0.4, 0.5) is 0 Å². The van der Waals surface area contributed by atoms with Gasteiger partial charge in [0.05, 0.1) is 5.69 Å². The van der Waals surface area contributed by atoms with Gasteiger partial charge in [0.1, 0.15) is 11.3 Å². The van der Waals surface area contributed by atoms with E-state index in [1.165, 1.54) is 0 Å². The molecule has 0 saturated carbocycles. The molecule has 5 heteroatoms. The van der Waals surface area contributed by atoms with Gasteiger partial charge < -0.3 is 4.90 Å². The molecule has 0 aliphatic heterocycles. The highest BCUT2D eigenvalue weighted by Gasteiger charge is 2.17. The summed E-state index contributed by atoms with van der Waals surface area (Å²) < 4.78 is 2.01. The average Bonchev–Trinajstić information content (AvgIpc) is 3.04. The summed E-state index contributed by atoms with van der Waals surface area (Å²) in [6.07, 6.45) is 1.76. The highest BCUT2D eigenvalue weighted by atomic mass is 16.2. The topological polar surface area (TPSA) is 51.0 Å². The summed E-state index contributed by atoms with van der Waals surface area (Å²) in [5.74, 6) is 0.833. The maximum Gasteiger partial charge on any atom is 0.253 e. The predicted octanol–water partition coefficient (Wildman–Crippen LogP) is 4.31. The fourth-order valence-electron chi connectivity index (χ4n) is 3.45. The Morgan fingerprint density at radius 1 is 1.04 bits per heavy atom. The van der Waals surface area contributed by atoms with Crippen LogP contribution < -0.4 is 0 Å². The molecule has 0 N–H and O–H groups in total. The van der Waals surface area contributed by atoms with Crippen molar-refractivity contribution >= 4 is 17.1 Å². The van der Waals surface area contributed by atoms with Crippen molar-refractivity contribution < 1.29 is 4.79 Å². The number of rotatable bonds is 4. The number of aryl methyl sites for hydroxylation is 2. The zero-order valence-corrected chi connectivity index (χ0v) is 16.3. The first-order valence-corrected chi connectivity index (χ1v) is 9.25. The number of hydrogen-bond donors (Lipinski definition) is 0. The molecule has 1 amide bonds. The van der Waals surface area contributed by atoms with Gasteiger partial charge in [-0.1, -0.05) is 36.4 Å². The molecule has 28 heavy (non-hydrogen) atoms. The van der Waals surface area contributed by atoms with E-state index in [9.17, 15) is 4.79 Å². The summed E-state index contributed by atoms with van der Waals surface area (Å²) in [7, 11) is 1.83. The third kappa shape index (κ3) is 3.27. The molecule has 0 fully saturated rings. The van der Waals surface area contributed by atoms with Crippen molar-refractivity contribution in [2.45, 2.75) is 20.4 Å². The number of benzene rings is 2.